The molecule has 0 atom stereocenters. The van der Waals surface area contributed by atoms with Gasteiger partial charge in [-0.05, 0) is 66.3 Å². The number of hydrogen-bond acceptors (Lipinski definition) is 6. The van der Waals surface area contributed by atoms with Crippen LogP contribution in [0.2, 0.25) is 0 Å². The molecule has 28 heavy (non-hydrogen) atoms. The number of aryl methyl sites for hydroxylation is 1. The maximum Gasteiger partial charge on any atom is 0.262 e. The summed E-state index contributed by atoms with van der Waals surface area (Å²) < 4.78 is 5.12. The molecule has 3 aromatic rings. The van der Waals surface area contributed by atoms with E-state index in [0.717, 1.165) is 22.6 Å². The molecular formula is C18H19N7O2S. The minimum Gasteiger partial charge on any atom is -0.497 e. The molecule has 9 nitrogen and oxygen atoms in total. The van der Waals surface area contributed by atoms with E-state index in [1.54, 1.807) is 19.2 Å². The largest absolute Gasteiger partial charge is 0.497 e. The predicted octanol–water partition coefficient (Wildman–Crippen LogP) is 1.67. The fourth-order valence-electron chi connectivity index (χ4n) is 2.35. The number of hydrogen-bond donors (Lipinski definition) is 3. The van der Waals surface area contributed by atoms with Gasteiger partial charge in [0.25, 0.3) is 5.91 Å². The van der Waals surface area contributed by atoms with Crippen molar-refractivity contribution in [2.45, 2.75) is 13.5 Å². The van der Waals surface area contributed by atoms with Gasteiger partial charge in [-0.2, -0.15) is 4.80 Å². The number of tetrazole rings is 1. The molecule has 3 rings (SSSR count). The molecule has 0 unspecified atom stereocenters. The Bertz CT molecular complexity index is 972. The van der Waals surface area contributed by atoms with Crippen LogP contribution >= 0.6 is 12.2 Å². The summed E-state index contributed by atoms with van der Waals surface area (Å²) in [5.74, 6) is 0.781. The average Bonchev–Trinajstić information content (AvgIpc) is 3.15. The highest BCUT2D eigenvalue weighted by Gasteiger charge is 2.10. The van der Waals surface area contributed by atoms with Crippen molar-refractivity contribution in [1.29, 1.82) is 0 Å². The number of nitrogens with zero attached hydrogens (tertiary/aromatic N) is 4. The lowest BCUT2D eigenvalue weighted by Crippen LogP contribution is -2.45. The van der Waals surface area contributed by atoms with E-state index in [1.165, 1.54) is 4.80 Å². The zero-order chi connectivity index (χ0) is 19.9. The number of methoxy groups -OCH3 is 1. The van der Waals surface area contributed by atoms with Crippen LogP contribution in [-0.2, 0) is 11.3 Å². The first-order valence-corrected chi connectivity index (χ1v) is 8.79. The second kappa shape index (κ2) is 8.91. The fourth-order valence-corrected chi connectivity index (χ4v) is 2.51. The van der Waals surface area contributed by atoms with Crippen molar-refractivity contribution in [2.75, 3.05) is 12.4 Å². The number of ether oxygens (including phenoxy) is 1. The van der Waals surface area contributed by atoms with Crippen LogP contribution in [-0.4, -0.2) is 38.3 Å². The molecule has 0 saturated heterocycles. The van der Waals surface area contributed by atoms with Crippen molar-refractivity contribution < 1.29 is 9.53 Å². The smallest absolute Gasteiger partial charge is 0.262 e. The molecule has 0 radical (unpaired) electrons. The van der Waals surface area contributed by atoms with Gasteiger partial charge >= 0.3 is 0 Å². The lowest BCUT2D eigenvalue weighted by Gasteiger charge is -2.11. The number of benzene rings is 2. The number of carbonyl (C=O) groups excluding carboxylic acids is 1. The van der Waals surface area contributed by atoms with E-state index in [-0.39, 0.29) is 17.6 Å². The van der Waals surface area contributed by atoms with Crippen molar-refractivity contribution in [3.05, 3.63) is 54.1 Å². The Labute approximate surface area is 167 Å². The van der Waals surface area contributed by atoms with Gasteiger partial charge in [-0.3, -0.25) is 15.6 Å². The summed E-state index contributed by atoms with van der Waals surface area (Å²) >= 11 is 5.15. The third-order valence-corrected chi connectivity index (χ3v) is 3.88. The van der Waals surface area contributed by atoms with E-state index < -0.39 is 0 Å². The van der Waals surface area contributed by atoms with E-state index >= 15 is 0 Å². The Morgan fingerprint density at radius 1 is 1.18 bits per heavy atom. The second-order valence-corrected chi connectivity index (χ2v) is 6.28. The SMILES string of the molecule is COc1ccc(-c2nnn(CC(=O)NNC(=S)Nc3cccc(C)c3)n2)cc1. The van der Waals surface area contributed by atoms with Crippen molar-refractivity contribution >= 4 is 28.9 Å². The first kappa shape index (κ1) is 19.2. The van der Waals surface area contributed by atoms with Crippen LogP contribution in [0.1, 0.15) is 5.56 Å². The third-order valence-electron chi connectivity index (χ3n) is 3.68. The molecule has 0 aliphatic heterocycles. The molecule has 0 saturated carbocycles. The molecule has 0 spiro atoms. The molecule has 0 aliphatic rings. The van der Waals surface area contributed by atoms with Crippen molar-refractivity contribution in [3.63, 3.8) is 0 Å². The quantitative estimate of drug-likeness (QED) is 0.441. The number of thiocarbonyl (C=S) groups is 1. The highest BCUT2D eigenvalue weighted by atomic mass is 32.1. The first-order valence-electron chi connectivity index (χ1n) is 8.38. The zero-order valence-electron chi connectivity index (χ0n) is 15.3. The van der Waals surface area contributed by atoms with Gasteiger partial charge in [-0.25, -0.2) is 0 Å². The number of hydrazine groups is 1. The van der Waals surface area contributed by atoms with Crippen molar-refractivity contribution in [2.24, 2.45) is 0 Å². The Hall–Kier alpha value is -3.53. The summed E-state index contributed by atoms with van der Waals surface area (Å²) in [5.41, 5.74) is 7.83. The molecule has 1 heterocycles. The highest BCUT2D eigenvalue weighted by Crippen LogP contribution is 2.18. The minimum absolute atomic E-state index is 0.108. The zero-order valence-corrected chi connectivity index (χ0v) is 16.2. The monoisotopic (exact) mass is 397 g/mol. The summed E-state index contributed by atoms with van der Waals surface area (Å²) in [6.07, 6.45) is 0. The number of anilines is 1. The maximum absolute atomic E-state index is 12.0. The topological polar surface area (TPSA) is 106 Å². The van der Waals surface area contributed by atoms with E-state index in [1.807, 2.05) is 43.3 Å². The number of amides is 1. The van der Waals surface area contributed by atoms with Crippen LogP contribution in [0.3, 0.4) is 0 Å². The summed E-state index contributed by atoms with van der Waals surface area (Å²) in [7, 11) is 1.60. The summed E-state index contributed by atoms with van der Waals surface area (Å²) in [6, 6.07) is 14.9. The normalized spacial score (nSPS) is 10.2. The summed E-state index contributed by atoms with van der Waals surface area (Å²) in [5, 5.41) is 15.3. The van der Waals surface area contributed by atoms with Crippen LogP contribution in [0.5, 0.6) is 5.75 Å². The number of carbonyl (C=O) groups is 1. The van der Waals surface area contributed by atoms with E-state index in [9.17, 15) is 4.79 Å². The molecule has 1 aromatic heterocycles. The Morgan fingerprint density at radius 3 is 2.68 bits per heavy atom. The summed E-state index contributed by atoms with van der Waals surface area (Å²) in [6.45, 7) is 1.87. The molecule has 10 heteroatoms. The van der Waals surface area contributed by atoms with Gasteiger partial charge in [0.2, 0.25) is 5.82 Å². The van der Waals surface area contributed by atoms with E-state index in [0.29, 0.717) is 5.82 Å². The molecule has 144 valence electrons. The molecule has 0 fully saturated rings. The Balaban J connectivity index is 1.49. The standard InChI is InChI=1S/C18H19N7O2S/c1-12-4-3-5-14(10-12)19-18(28)22-20-16(26)11-25-23-17(21-24-25)13-6-8-15(27-2)9-7-13/h3-10H,11H2,1-2H3,(H,20,26)(H2,19,22,28). The summed E-state index contributed by atoms with van der Waals surface area (Å²) in [4.78, 5) is 13.2. The molecule has 2 aromatic carbocycles. The molecule has 0 bridgehead atoms. The van der Waals surface area contributed by atoms with Crippen LogP contribution in [0.15, 0.2) is 48.5 Å². The van der Waals surface area contributed by atoms with Gasteiger partial charge in [0.15, 0.2) is 5.11 Å². The third kappa shape index (κ3) is 5.24. The molecule has 3 N–H and O–H groups in total. The van der Waals surface area contributed by atoms with Gasteiger partial charge in [-0.15, -0.1) is 10.2 Å². The predicted molar refractivity (Wildman–Crippen MR) is 108 cm³/mol. The minimum atomic E-state index is -0.368. The van der Waals surface area contributed by atoms with Gasteiger partial charge in [0, 0.05) is 11.3 Å². The van der Waals surface area contributed by atoms with E-state index in [2.05, 4.69) is 31.6 Å². The van der Waals surface area contributed by atoms with Gasteiger partial charge in [0.1, 0.15) is 12.3 Å². The maximum atomic E-state index is 12.0. The Kier molecular flexibility index (Phi) is 6.12. The number of rotatable bonds is 5. The lowest BCUT2D eigenvalue weighted by molar-refractivity contribution is -0.122. The Morgan fingerprint density at radius 2 is 1.96 bits per heavy atom. The van der Waals surface area contributed by atoms with Crippen LogP contribution in [0, 0.1) is 6.92 Å². The molecular weight excluding hydrogens is 378 g/mol. The lowest BCUT2D eigenvalue weighted by atomic mass is 10.2. The molecule has 0 aliphatic carbocycles. The van der Waals surface area contributed by atoms with Crippen molar-refractivity contribution in [3.8, 4) is 17.1 Å². The van der Waals surface area contributed by atoms with Crippen molar-refractivity contribution in [1.82, 2.24) is 31.1 Å². The highest BCUT2D eigenvalue weighted by molar-refractivity contribution is 7.80. The average molecular weight is 397 g/mol. The number of aromatic nitrogens is 4. The van der Waals surface area contributed by atoms with Gasteiger partial charge in [-0.1, -0.05) is 12.1 Å². The van der Waals surface area contributed by atoms with E-state index in [4.69, 9.17) is 17.0 Å². The number of nitrogens with one attached hydrogen (secondary N) is 3. The van der Waals surface area contributed by atoms with Gasteiger partial charge in [0.05, 0.1) is 7.11 Å². The van der Waals surface area contributed by atoms with Gasteiger partial charge < -0.3 is 10.1 Å². The van der Waals surface area contributed by atoms with Crippen LogP contribution in [0.4, 0.5) is 5.69 Å². The van der Waals surface area contributed by atoms with Crippen LogP contribution in [0.25, 0.3) is 11.4 Å². The second-order valence-electron chi connectivity index (χ2n) is 5.87. The molecule has 1 amide bonds. The first-order chi connectivity index (χ1) is 13.5. The fraction of sp³-hybridized carbons (Fsp3) is 0.167. The van der Waals surface area contributed by atoms with Crippen LogP contribution < -0.4 is 20.9 Å².